The molecule has 112 heavy (non-hydrogen) atoms. The number of carbonyl (C=O) groups excluding carboxylic acids is 3. The number of allylic oxidation sites excluding steroid dienone is 6. The molecule has 1 fully saturated rings. The summed E-state index contributed by atoms with van der Waals surface area (Å²) in [6, 6.07) is 9.72. The van der Waals surface area contributed by atoms with Gasteiger partial charge >= 0.3 is 5.97 Å². The van der Waals surface area contributed by atoms with Gasteiger partial charge in [0.2, 0.25) is 0 Å². The number of carbonyl (C=O) groups is 3. The Hall–Kier alpha value is -6.17. The van der Waals surface area contributed by atoms with E-state index in [0.717, 1.165) is 12.1 Å². The fourth-order valence-corrected chi connectivity index (χ4v) is 14.8. The molecule has 0 spiro atoms. The maximum atomic E-state index is 13.2. The molecule has 2 aliphatic rings. The molecular formula is C73H107N3O32S4. The number of methoxy groups -OCH3 is 3. The maximum absolute atomic E-state index is 13.2. The first-order chi connectivity index (χ1) is 53.6. The number of imide groups is 1. The molecule has 39 heteroatoms. The quantitative estimate of drug-likeness (QED) is 0.0152. The first-order valence-corrected chi connectivity index (χ1v) is 42.1. The molecule has 2 amide bonds. The highest BCUT2D eigenvalue weighted by molar-refractivity contribution is 7.87. The van der Waals surface area contributed by atoms with Crippen molar-refractivity contribution in [3.63, 3.8) is 0 Å². The smallest absolute Gasteiger partial charge is 0.335 e. The Bertz CT molecular complexity index is 4170. The van der Waals surface area contributed by atoms with E-state index in [9.17, 15) is 66.3 Å². The highest BCUT2D eigenvalue weighted by Crippen LogP contribution is 2.54. The number of hydrogen-bond donors (Lipinski definition) is 5. The van der Waals surface area contributed by atoms with E-state index in [0.29, 0.717) is 111 Å². The second-order valence-corrected chi connectivity index (χ2v) is 31.3. The van der Waals surface area contributed by atoms with Crippen molar-refractivity contribution in [1.29, 1.82) is 0 Å². The molecule has 6 rings (SSSR count). The lowest BCUT2D eigenvalue weighted by atomic mass is 9.74. The van der Waals surface area contributed by atoms with Crippen LogP contribution in [0.3, 0.4) is 0 Å². The minimum atomic E-state index is -5.15. The van der Waals surface area contributed by atoms with Crippen LogP contribution in [0.4, 0.5) is 11.4 Å². The number of nitrogens with zero attached hydrogens (tertiary/aromatic N) is 2. The third-order valence-corrected chi connectivity index (χ3v) is 21.1. The van der Waals surface area contributed by atoms with Crippen molar-refractivity contribution in [3.8, 4) is 0 Å². The summed E-state index contributed by atoms with van der Waals surface area (Å²) in [6.45, 7) is 10.7. The third kappa shape index (κ3) is 31.1. The van der Waals surface area contributed by atoms with Crippen molar-refractivity contribution in [2.75, 3.05) is 236 Å². The van der Waals surface area contributed by atoms with Gasteiger partial charge in [0.1, 0.15) is 9.79 Å². The number of ether oxygens (including phenoxy) is 16. The SMILES string of the molecule is COCCOCCOCCOCCNc1ccc2c(S(=O)(=O)O)cc(S(=O)(=O)O)cc2c1C(C)(C/C=C/C=C/C=C1/N(CCOCCOCCOCCOCCC(=O)ON2C(=O)CCC2=O)c2ccc3c(S(=O)(=O)O)cc(S(=O)(=O)O)cc3c2C1(C)CCOCCOCCOCCOC)CCOCCOCCOCCOC. The topological polar surface area (TPSA) is 444 Å². The van der Waals surface area contributed by atoms with Crippen molar-refractivity contribution in [2.24, 2.45) is 0 Å². The average Bonchev–Trinajstić information content (AvgIpc) is 1.51. The Balaban J connectivity index is 1.32. The van der Waals surface area contributed by atoms with Crippen molar-refractivity contribution in [2.45, 2.75) is 82.8 Å². The predicted octanol–water partition coefficient (Wildman–Crippen LogP) is 5.75. The van der Waals surface area contributed by atoms with Gasteiger partial charge in [-0.05, 0) is 90.6 Å². The zero-order chi connectivity index (χ0) is 81.5. The molecular weight excluding hydrogens is 1560 g/mol. The minimum Gasteiger partial charge on any atom is -0.382 e. The van der Waals surface area contributed by atoms with Crippen molar-refractivity contribution in [1.82, 2.24) is 5.06 Å². The summed E-state index contributed by atoms with van der Waals surface area (Å²) in [5.41, 5.74) is -0.0563. The van der Waals surface area contributed by atoms with Crippen LogP contribution < -0.4 is 10.2 Å². The van der Waals surface area contributed by atoms with Crippen LogP contribution in [0.15, 0.2) is 104 Å². The van der Waals surface area contributed by atoms with E-state index in [1.807, 2.05) is 24.8 Å². The fraction of sp³-hybridized carbons (Fsp3) is 0.603. The molecule has 2 atom stereocenters. The van der Waals surface area contributed by atoms with E-state index < -0.39 is 88.7 Å². The summed E-state index contributed by atoms with van der Waals surface area (Å²) < 4.78 is 237. The first-order valence-electron chi connectivity index (χ1n) is 36.3. The third-order valence-electron chi connectivity index (χ3n) is 17.6. The van der Waals surface area contributed by atoms with Gasteiger partial charge in [-0.2, -0.15) is 33.7 Å². The van der Waals surface area contributed by atoms with Gasteiger partial charge in [0.15, 0.2) is 0 Å². The van der Waals surface area contributed by atoms with Gasteiger partial charge in [0, 0.05) is 99.1 Å². The van der Waals surface area contributed by atoms with Crippen LogP contribution in [0.5, 0.6) is 0 Å². The van der Waals surface area contributed by atoms with E-state index in [4.69, 9.17) is 80.6 Å². The van der Waals surface area contributed by atoms with Crippen molar-refractivity contribution >= 4 is 91.2 Å². The van der Waals surface area contributed by atoms with E-state index in [1.165, 1.54) is 12.1 Å². The van der Waals surface area contributed by atoms with Crippen LogP contribution in [0, 0.1) is 0 Å². The molecule has 4 aromatic carbocycles. The number of anilines is 2. The molecule has 0 saturated carbocycles. The average molecular weight is 1670 g/mol. The number of benzene rings is 4. The zero-order valence-corrected chi connectivity index (χ0v) is 67.2. The number of hydrogen-bond acceptors (Lipinski definition) is 30. The fourth-order valence-electron chi connectivity index (χ4n) is 12.1. The highest BCUT2D eigenvalue weighted by atomic mass is 32.2. The summed E-state index contributed by atoms with van der Waals surface area (Å²) in [7, 11) is -15.8. The molecule has 2 aliphatic heterocycles. The second-order valence-electron chi connectivity index (χ2n) is 25.7. The molecule has 1 saturated heterocycles. The highest BCUT2D eigenvalue weighted by Gasteiger charge is 2.45. The second kappa shape index (κ2) is 49.0. The van der Waals surface area contributed by atoms with Crippen LogP contribution in [0.2, 0.25) is 0 Å². The van der Waals surface area contributed by atoms with Crippen LogP contribution in [0.25, 0.3) is 21.5 Å². The molecule has 0 aliphatic carbocycles. The largest absolute Gasteiger partial charge is 0.382 e. The molecule has 0 aromatic heterocycles. The molecule has 4 aromatic rings. The molecule has 630 valence electrons. The Labute approximate surface area is 654 Å². The van der Waals surface area contributed by atoms with E-state index >= 15 is 0 Å². The van der Waals surface area contributed by atoms with Gasteiger partial charge < -0.3 is 90.8 Å². The zero-order valence-electron chi connectivity index (χ0n) is 63.9. The normalized spacial score (nSPS) is 16.1. The van der Waals surface area contributed by atoms with Crippen LogP contribution in [0.1, 0.15) is 63.5 Å². The number of fused-ring (bicyclic) bond motifs is 4. The summed E-state index contributed by atoms with van der Waals surface area (Å²) in [5, 5.41) is 3.85. The van der Waals surface area contributed by atoms with Crippen LogP contribution >= 0.6 is 0 Å². The Morgan fingerprint density at radius 3 is 1.36 bits per heavy atom. The Morgan fingerprint density at radius 1 is 0.482 bits per heavy atom. The van der Waals surface area contributed by atoms with Gasteiger partial charge in [0.25, 0.3) is 52.3 Å². The Kier molecular flexibility index (Phi) is 41.4. The standard InChI is InChI=1S/C73H107N3O32S4/c1-72(19-24-96-35-40-104-47-44-100-31-28-92-3,70-60-52-56(109(80,81)82)54-64(111(86,87)88)58(60)11-13-62(70)74-21-26-98-37-42-106-49-46-102-33-30-94-5)18-9-7-6-8-10-66-73(2,20-25-97-36-41-105-48-45-101-32-29-93-4)71-61-53-57(110(83,84)85)55-65(112(89,90)91)59(61)12-14-63(71)75(66)22-27-99-38-43-107-51-50-103-39-34-95-23-17-69(79)108-76-67(77)15-16-68(76)78/h6-14,52-55,74H,15-51H2,1-5H3,(H,80,81,82)(H,83,84,85)(H,86,87,88)(H,89,90,91)/b8-6+,9-7+,66-10+. The van der Waals surface area contributed by atoms with Crippen molar-refractivity contribution in [3.05, 3.63) is 95.7 Å². The summed E-state index contributed by atoms with van der Waals surface area (Å²) in [5.74, 6) is -1.97. The minimum absolute atomic E-state index is 0.0253. The summed E-state index contributed by atoms with van der Waals surface area (Å²) >= 11 is 0. The van der Waals surface area contributed by atoms with Crippen LogP contribution in [-0.2, 0) is 146 Å². The predicted molar refractivity (Wildman–Crippen MR) is 406 cm³/mol. The van der Waals surface area contributed by atoms with Gasteiger partial charge in [-0.15, -0.1) is 5.06 Å². The number of rotatable bonds is 62. The number of amides is 2. The van der Waals surface area contributed by atoms with Gasteiger partial charge in [-0.25, -0.2) is 4.79 Å². The Morgan fingerprint density at radius 2 is 0.893 bits per heavy atom. The van der Waals surface area contributed by atoms with E-state index in [2.05, 4.69) is 5.32 Å². The van der Waals surface area contributed by atoms with Gasteiger partial charge in [-0.3, -0.25) is 27.8 Å². The lowest BCUT2D eigenvalue weighted by Gasteiger charge is -2.33. The monoisotopic (exact) mass is 1670 g/mol. The lowest BCUT2D eigenvalue weighted by molar-refractivity contribution is -0.198. The molecule has 2 unspecified atom stereocenters. The lowest BCUT2D eigenvalue weighted by Crippen LogP contribution is -2.32. The maximum Gasteiger partial charge on any atom is 0.335 e. The summed E-state index contributed by atoms with van der Waals surface area (Å²) in [6.07, 6.45) is 9.06. The van der Waals surface area contributed by atoms with E-state index in [1.54, 1.807) is 57.8 Å². The molecule has 35 nitrogen and oxygen atoms in total. The number of hydroxylamine groups is 2. The molecule has 0 radical (unpaired) electrons. The van der Waals surface area contributed by atoms with Crippen LogP contribution in [-0.4, -0.2) is 301 Å². The molecule has 0 bridgehead atoms. The summed E-state index contributed by atoms with van der Waals surface area (Å²) in [4.78, 5) is 39.1. The van der Waals surface area contributed by atoms with Gasteiger partial charge in [0.05, 0.1) is 195 Å². The number of nitrogens with one attached hydrogen (secondary N) is 1. The van der Waals surface area contributed by atoms with E-state index in [-0.39, 0.29) is 199 Å². The first kappa shape index (κ1) is 94.7. The van der Waals surface area contributed by atoms with Gasteiger partial charge in [-0.1, -0.05) is 43.4 Å². The molecule has 5 N–H and O–H groups in total. The molecule has 2 heterocycles. The van der Waals surface area contributed by atoms with Crippen molar-refractivity contribution < 1.29 is 147 Å².